The van der Waals surface area contributed by atoms with Gasteiger partial charge in [-0.05, 0) is 44.4 Å². The third kappa shape index (κ3) is 8.29. The van der Waals surface area contributed by atoms with E-state index >= 15 is 0 Å². The number of halogens is 2. The Hall–Kier alpha value is -1.44. The summed E-state index contributed by atoms with van der Waals surface area (Å²) < 4.78 is 19.0. The third-order valence-electron chi connectivity index (χ3n) is 4.68. The molecule has 0 radical (unpaired) electrons. The number of nitriles is 1. The lowest BCUT2D eigenvalue weighted by Gasteiger charge is -2.33. The van der Waals surface area contributed by atoms with E-state index in [1.165, 1.54) is 12.1 Å². The number of guanidine groups is 1. The fourth-order valence-corrected chi connectivity index (χ4v) is 3.18. The van der Waals surface area contributed by atoms with E-state index in [0.717, 1.165) is 52.0 Å². The highest BCUT2D eigenvalue weighted by atomic mass is 127. The molecule has 0 bridgehead atoms. The van der Waals surface area contributed by atoms with Gasteiger partial charge < -0.3 is 20.3 Å². The molecule has 0 amide bonds. The first-order valence-corrected chi connectivity index (χ1v) is 9.61. The van der Waals surface area contributed by atoms with Crippen molar-refractivity contribution in [2.24, 2.45) is 4.99 Å². The Morgan fingerprint density at radius 1 is 1.39 bits per heavy atom. The van der Waals surface area contributed by atoms with Gasteiger partial charge >= 0.3 is 0 Å². The SMILES string of the molecule is CCNC(=NCc1cc(C#N)ccc1F)NC1CCN(CCCOC)CC1.I. The molecule has 1 heterocycles. The molecular formula is C20H31FIN5O. The number of likely N-dealkylation sites (tertiary alicyclic amines) is 1. The number of nitrogens with one attached hydrogen (secondary N) is 2. The Morgan fingerprint density at radius 3 is 2.79 bits per heavy atom. The fraction of sp³-hybridized carbons (Fsp3) is 0.600. The van der Waals surface area contributed by atoms with Crippen LogP contribution in [0.15, 0.2) is 23.2 Å². The van der Waals surface area contributed by atoms with Crippen LogP contribution in [0.2, 0.25) is 0 Å². The van der Waals surface area contributed by atoms with Crippen molar-refractivity contribution in [1.29, 1.82) is 5.26 Å². The first kappa shape index (κ1) is 24.6. The van der Waals surface area contributed by atoms with Crippen molar-refractivity contribution in [2.75, 3.05) is 39.9 Å². The average Bonchev–Trinajstić information content (AvgIpc) is 2.69. The highest BCUT2D eigenvalue weighted by Gasteiger charge is 2.19. The summed E-state index contributed by atoms with van der Waals surface area (Å²) in [6.45, 7) is 6.93. The maximum Gasteiger partial charge on any atom is 0.191 e. The molecule has 156 valence electrons. The summed E-state index contributed by atoms with van der Waals surface area (Å²) in [4.78, 5) is 6.97. The van der Waals surface area contributed by atoms with Gasteiger partial charge in [-0.3, -0.25) is 0 Å². The second kappa shape index (κ2) is 13.7. The molecule has 1 fully saturated rings. The zero-order valence-corrected chi connectivity index (χ0v) is 19.0. The minimum atomic E-state index is -0.335. The monoisotopic (exact) mass is 503 g/mol. The average molecular weight is 503 g/mol. The zero-order valence-electron chi connectivity index (χ0n) is 16.7. The molecule has 0 atom stereocenters. The first-order valence-electron chi connectivity index (χ1n) is 9.61. The van der Waals surface area contributed by atoms with Crippen LogP contribution in [-0.4, -0.2) is 56.8 Å². The van der Waals surface area contributed by atoms with Gasteiger partial charge in [-0.2, -0.15) is 5.26 Å². The first-order chi connectivity index (χ1) is 13.2. The van der Waals surface area contributed by atoms with Gasteiger partial charge in [0.15, 0.2) is 5.96 Å². The molecule has 2 N–H and O–H groups in total. The fourth-order valence-electron chi connectivity index (χ4n) is 3.18. The molecule has 1 aromatic carbocycles. The van der Waals surface area contributed by atoms with Gasteiger partial charge in [-0.25, -0.2) is 9.38 Å². The molecule has 0 aliphatic carbocycles. The largest absolute Gasteiger partial charge is 0.385 e. The van der Waals surface area contributed by atoms with E-state index in [4.69, 9.17) is 10.00 Å². The molecule has 0 saturated carbocycles. The maximum absolute atomic E-state index is 13.9. The van der Waals surface area contributed by atoms with Crippen LogP contribution in [0.3, 0.4) is 0 Å². The normalized spacial score (nSPS) is 15.6. The van der Waals surface area contributed by atoms with Crippen molar-refractivity contribution in [3.8, 4) is 6.07 Å². The molecule has 28 heavy (non-hydrogen) atoms. The van der Waals surface area contributed by atoms with E-state index in [1.54, 1.807) is 13.2 Å². The molecule has 2 rings (SSSR count). The van der Waals surface area contributed by atoms with Gasteiger partial charge in [-0.15, -0.1) is 24.0 Å². The summed E-state index contributed by atoms with van der Waals surface area (Å²) in [5, 5.41) is 15.7. The van der Waals surface area contributed by atoms with E-state index in [2.05, 4.69) is 20.5 Å². The van der Waals surface area contributed by atoms with Crippen LogP contribution in [0.4, 0.5) is 4.39 Å². The Kier molecular flexibility index (Phi) is 12.0. The van der Waals surface area contributed by atoms with Crippen molar-refractivity contribution in [3.05, 3.63) is 35.1 Å². The summed E-state index contributed by atoms with van der Waals surface area (Å²) in [6.07, 6.45) is 3.16. The number of hydrogen-bond donors (Lipinski definition) is 2. The number of piperidine rings is 1. The van der Waals surface area contributed by atoms with E-state index in [-0.39, 0.29) is 36.3 Å². The molecule has 0 aromatic heterocycles. The van der Waals surface area contributed by atoms with Gasteiger partial charge in [0.25, 0.3) is 0 Å². The summed E-state index contributed by atoms with van der Waals surface area (Å²) in [6, 6.07) is 6.75. The highest BCUT2D eigenvalue weighted by molar-refractivity contribution is 14.0. The maximum atomic E-state index is 13.9. The molecule has 1 saturated heterocycles. The summed E-state index contributed by atoms with van der Waals surface area (Å²) in [5.74, 6) is 0.357. The van der Waals surface area contributed by atoms with Crippen LogP contribution in [0.25, 0.3) is 0 Å². The summed E-state index contributed by atoms with van der Waals surface area (Å²) in [5.41, 5.74) is 0.875. The Balaban J connectivity index is 0.00000392. The Bertz CT molecular complexity index is 656. The molecule has 8 heteroatoms. The van der Waals surface area contributed by atoms with Gasteiger partial charge in [-0.1, -0.05) is 0 Å². The van der Waals surface area contributed by atoms with E-state index in [9.17, 15) is 4.39 Å². The van der Waals surface area contributed by atoms with Crippen molar-refractivity contribution in [3.63, 3.8) is 0 Å². The van der Waals surface area contributed by atoms with Crippen LogP contribution in [0.5, 0.6) is 0 Å². The third-order valence-corrected chi connectivity index (χ3v) is 4.68. The lowest BCUT2D eigenvalue weighted by Crippen LogP contribution is -2.48. The van der Waals surface area contributed by atoms with Gasteiger partial charge in [0, 0.05) is 51.5 Å². The van der Waals surface area contributed by atoms with Crippen molar-refractivity contribution in [1.82, 2.24) is 15.5 Å². The number of ether oxygens (including phenoxy) is 1. The van der Waals surface area contributed by atoms with Gasteiger partial charge in [0.2, 0.25) is 0 Å². The van der Waals surface area contributed by atoms with Crippen LogP contribution < -0.4 is 10.6 Å². The second-order valence-electron chi connectivity index (χ2n) is 6.72. The van der Waals surface area contributed by atoms with Crippen LogP contribution in [0, 0.1) is 17.1 Å². The van der Waals surface area contributed by atoms with E-state index in [0.29, 0.717) is 23.1 Å². The van der Waals surface area contributed by atoms with E-state index in [1.807, 2.05) is 13.0 Å². The van der Waals surface area contributed by atoms with E-state index < -0.39 is 0 Å². The lowest BCUT2D eigenvalue weighted by atomic mass is 10.1. The highest BCUT2D eigenvalue weighted by Crippen LogP contribution is 2.13. The number of aliphatic imine (C=N–C) groups is 1. The number of nitrogens with zero attached hydrogens (tertiary/aromatic N) is 3. The van der Waals surface area contributed by atoms with Crippen molar-refractivity contribution in [2.45, 2.75) is 38.8 Å². The number of hydrogen-bond acceptors (Lipinski definition) is 4. The Morgan fingerprint density at radius 2 is 2.14 bits per heavy atom. The number of rotatable bonds is 8. The molecule has 0 spiro atoms. The number of methoxy groups -OCH3 is 1. The van der Waals surface area contributed by atoms with Crippen molar-refractivity contribution < 1.29 is 9.13 Å². The van der Waals surface area contributed by atoms with Gasteiger partial charge in [0.1, 0.15) is 5.82 Å². The van der Waals surface area contributed by atoms with Gasteiger partial charge in [0.05, 0.1) is 18.2 Å². The summed E-state index contributed by atoms with van der Waals surface area (Å²) >= 11 is 0. The smallest absolute Gasteiger partial charge is 0.191 e. The van der Waals surface area contributed by atoms with Crippen molar-refractivity contribution >= 4 is 29.9 Å². The van der Waals surface area contributed by atoms with Crippen LogP contribution in [0.1, 0.15) is 37.3 Å². The predicted octanol–water partition coefficient (Wildman–Crippen LogP) is 2.87. The minimum Gasteiger partial charge on any atom is -0.385 e. The summed E-state index contributed by atoms with van der Waals surface area (Å²) in [7, 11) is 1.74. The minimum absolute atomic E-state index is 0. The lowest BCUT2D eigenvalue weighted by molar-refractivity contribution is 0.155. The standard InChI is InChI=1S/C20H30FN5O.HI/c1-3-23-20(24-15-17-13-16(14-22)5-6-19(17)21)25-18-7-10-26(11-8-18)9-4-12-27-2;/h5-6,13,18H,3-4,7-12,15H2,1-2H3,(H2,23,24,25);1H. The Labute approximate surface area is 184 Å². The van der Waals surface area contributed by atoms with Crippen LogP contribution in [-0.2, 0) is 11.3 Å². The molecular weight excluding hydrogens is 472 g/mol. The molecule has 1 aromatic rings. The topological polar surface area (TPSA) is 72.7 Å². The number of benzene rings is 1. The predicted molar refractivity (Wildman–Crippen MR) is 120 cm³/mol. The molecule has 1 aliphatic rings. The zero-order chi connectivity index (χ0) is 19.5. The second-order valence-corrected chi connectivity index (χ2v) is 6.72. The van der Waals surface area contributed by atoms with Crippen LogP contribution >= 0.6 is 24.0 Å². The molecule has 6 nitrogen and oxygen atoms in total. The molecule has 1 aliphatic heterocycles. The molecule has 0 unspecified atom stereocenters. The quantitative estimate of drug-likeness (QED) is 0.247.